The highest BCUT2D eigenvalue weighted by Gasteiger charge is 2.35. The van der Waals surface area contributed by atoms with Gasteiger partial charge in [0.1, 0.15) is 11.2 Å². The second-order valence-corrected chi connectivity index (χ2v) is 14.0. The molecule has 1 aliphatic rings. The maximum absolute atomic E-state index is 6.64. The third-order valence-corrected chi connectivity index (χ3v) is 10.5. The Morgan fingerprint density at radius 3 is 1.69 bits per heavy atom. The van der Waals surface area contributed by atoms with Gasteiger partial charge in [-0.05, 0) is 63.2 Å². The molecule has 0 aliphatic heterocycles. The van der Waals surface area contributed by atoms with Crippen LogP contribution in [0.25, 0.3) is 89.5 Å². The van der Waals surface area contributed by atoms with Gasteiger partial charge < -0.3 is 4.42 Å². The molecule has 2 aromatic heterocycles. The van der Waals surface area contributed by atoms with Gasteiger partial charge in [0.15, 0.2) is 17.5 Å². The van der Waals surface area contributed by atoms with E-state index >= 15 is 0 Å². The Morgan fingerprint density at radius 1 is 0.385 bits per heavy atom. The largest absolute Gasteiger partial charge is 0.455 e. The molecule has 9 aromatic rings. The predicted octanol–water partition coefficient (Wildman–Crippen LogP) is 12.4. The lowest BCUT2D eigenvalue weighted by molar-refractivity contribution is 0.660. The van der Waals surface area contributed by atoms with Crippen LogP contribution in [0.2, 0.25) is 0 Å². The minimum atomic E-state index is -0.0688. The number of aromatic nitrogens is 3. The SMILES string of the molecule is CC1(C)c2ccccc2-c2ccc(-c3cccc4c3oc3ccc(-c5cccc(-c6nc(-c7ccccc7)nc(-c7ccccc7)n6)c5)cc34)cc21. The van der Waals surface area contributed by atoms with Crippen molar-refractivity contribution in [2.24, 2.45) is 0 Å². The van der Waals surface area contributed by atoms with E-state index in [1.807, 2.05) is 60.7 Å². The van der Waals surface area contributed by atoms with Crippen molar-refractivity contribution in [3.8, 4) is 67.5 Å². The molecule has 7 aromatic carbocycles. The van der Waals surface area contributed by atoms with Gasteiger partial charge in [0, 0.05) is 38.4 Å². The van der Waals surface area contributed by atoms with Crippen LogP contribution in [-0.2, 0) is 5.41 Å². The lowest BCUT2D eigenvalue weighted by Crippen LogP contribution is -2.14. The zero-order chi connectivity index (χ0) is 34.8. The molecule has 10 rings (SSSR count). The number of hydrogen-bond acceptors (Lipinski definition) is 4. The molecular weight excluding hydrogens is 635 g/mol. The van der Waals surface area contributed by atoms with Crippen molar-refractivity contribution in [1.82, 2.24) is 15.0 Å². The Morgan fingerprint density at radius 2 is 0.942 bits per heavy atom. The van der Waals surface area contributed by atoms with Gasteiger partial charge in [0.2, 0.25) is 0 Å². The summed E-state index contributed by atoms with van der Waals surface area (Å²) in [6, 6.07) is 57.2. The Bertz CT molecular complexity index is 2760. The van der Waals surface area contributed by atoms with E-state index in [2.05, 4.69) is 117 Å². The second-order valence-electron chi connectivity index (χ2n) is 14.0. The van der Waals surface area contributed by atoms with Crippen LogP contribution in [0.3, 0.4) is 0 Å². The summed E-state index contributed by atoms with van der Waals surface area (Å²) < 4.78 is 6.64. The molecule has 0 bridgehead atoms. The molecule has 0 N–H and O–H groups in total. The summed E-state index contributed by atoms with van der Waals surface area (Å²) in [5.41, 5.74) is 14.4. The van der Waals surface area contributed by atoms with Crippen molar-refractivity contribution >= 4 is 21.9 Å². The Hall–Kier alpha value is -6.65. The summed E-state index contributed by atoms with van der Waals surface area (Å²) in [5, 5.41) is 2.19. The third kappa shape index (κ3) is 4.87. The fourth-order valence-electron chi connectivity index (χ4n) is 7.85. The predicted molar refractivity (Wildman–Crippen MR) is 212 cm³/mol. The number of benzene rings is 7. The zero-order valence-electron chi connectivity index (χ0n) is 28.8. The molecule has 52 heavy (non-hydrogen) atoms. The maximum atomic E-state index is 6.64. The van der Waals surface area contributed by atoms with E-state index in [9.17, 15) is 0 Å². The lowest BCUT2D eigenvalue weighted by Gasteiger charge is -2.22. The molecule has 0 fully saturated rings. The zero-order valence-corrected chi connectivity index (χ0v) is 28.8. The molecular formula is C48H33N3O. The van der Waals surface area contributed by atoms with Crippen LogP contribution in [0.15, 0.2) is 168 Å². The Kier molecular flexibility index (Phi) is 6.80. The first-order valence-electron chi connectivity index (χ1n) is 17.7. The quantitative estimate of drug-likeness (QED) is 0.183. The van der Waals surface area contributed by atoms with Crippen LogP contribution in [0, 0.1) is 0 Å². The molecule has 0 spiro atoms. The highest BCUT2D eigenvalue weighted by molar-refractivity contribution is 6.10. The van der Waals surface area contributed by atoms with Crippen molar-refractivity contribution in [2.45, 2.75) is 19.3 Å². The molecule has 0 radical (unpaired) electrons. The molecule has 0 atom stereocenters. The number of fused-ring (bicyclic) bond motifs is 6. The van der Waals surface area contributed by atoms with Crippen LogP contribution in [0.1, 0.15) is 25.0 Å². The lowest BCUT2D eigenvalue weighted by atomic mass is 9.81. The van der Waals surface area contributed by atoms with E-state index in [0.717, 1.165) is 55.3 Å². The summed E-state index contributed by atoms with van der Waals surface area (Å²) >= 11 is 0. The van der Waals surface area contributed by atoms with Crippen molar-refractivity contribution in [2.75, 3.05) is 0 Å². The number of nitrogens with zero attached hydrogens (tertiary/aromatic N) is 3. The Balaban J connectivity index is 1.05. The molecule has 4 heteroatoms. The van der Waals surface area contributed by atoms with E-state index in [4.69, 9.17) is 19.4 Å². The van der Waals surface area contributed by atoms with Crippen molar-refractivity contribution in [3.05, 3.63) is 175 Å². The van der Waals surface area contributed by atoms with Crippen LogP contribution >= 0.6 is 0 Å². The van der Waals surface area contributed by atoms with Gasteiger partial charge in [-0.3, -0.25) is 0 Å². The summed E-state index contributed by atoms with van der Waals surface area (Å²) in [5.74, 6) is 1.93. The first-order chi connectivity index (χ1) is 25.5. The highest BCUT2D eigenvalue weighted by Crippen LogP contribution is 2.50. The normalized spacial score (nSPS) is 13.0. The highest BCUT2D eigenvalue weighted by atomic mass is 16.3. The topological polar surface area (TPSA) is 51.8 Å². The van der Waals surface area contributed by atoms with E-state index in [-0.39, 0.29) is 5.41 Å². The monoisotopic (exact) mass is 667 g/mol. The first kappa shape index (κ1) is 30.2. The molecule has 2 heterocycles. The van der Waals surface area contributed by atoms with E-state index in [1.54, 1.807) is 0 Å². The van der Waals surface area contributed by atoms with Gasteiger partial charge in [0.25, 0.3) is 0 Å². The fraction of sp³-hybridized carbons (Fsp3) is 0.0625. The Labute approximate surface area is 302 Å². The smallest absolute Gasteiger partial charge is 0.164 e. The van der Waals surface area contributed by atoms with E-state index in [1.165, 1.54) is 27.8 Å². The molecule has 1 aliphatic carbocycles. The average molecular weight is 668 g/mol. The van der Waals surface area contributed by atoms with E-state index in [0.29, 0.717) is 17.5 Å². The van der Waals surface area contributed by atoms with Crippen LogP contribution in [-0.4, -0.2) is 15.0 Å². The van der Waals surface area contributed by atoms with Crippen LogP contribution in [0.4, 0.5) is 0 Å². The van der Waals surface area contributed by atoms with Gasteiger partial charge in [-0.2, -0.15) is 0 Å². The molecule has 0 saturated heterocycles. The van der Waals surface area contributed by atoms with Crippen molar-refractivity contribution in [1.29, 1.82) is 0 Å². The van der Waals surface area contributed by atoms with Crippen molar-refractivity contribution < 1.29 is 4.42 Å². The summed E-state index contributed by atoms with van der Waals surface area (Å²) in [7, 11) is 0. The molecule has 0 saturated carbocycles. The van der Waals surface area contributed by atoms with Gasteiger partial charge in [-0.1, -0.05) is 153 Å². The summed E-state index contributed by atoms with van der Waals surface area (Å²) in [4.78, 5) is 14.8. The van der Waals surface area contributed by atoms with Gasteiger partial charge >= 0.3 is 0 Å². The minimum Gasteiger partial charge on any atom is -0.455 e. The van der Waals surface area contributed by atoms with Gasteiger partial charge in [-0.15, -0.1) is 0 Å². The molecule has 4 nitrogen and oxygen atoms in total. The fourth-order valence-corrected chi connectivity index (χ4v) is 7.85. The summed E-state index contributed by atoms with van der Waals surface area (Å²) in [6.07, 6.45) is 0. The number of para-hydroxylation sites is 1. The number of rotatable bonds is 5. The minimum absolute atomic E-state index is 0.0688. The van der Waals surface area contributed by atoms with Crippen molar-refractivity contribution in [3.63, 3.8) is 0 Å². The van der Waals surface area contributed by atoms with Crippen LogP contribution in [0.5, 0.6) is 0 Å². The van der Waals surface area contributed by atoms with E-state index < -0.39 is 0 Å². The first-order valence-corrected chi connectivity index (χ1v) is 17.7. The third-order valence-electron chi connectivity index (χ3n) is 10.5. The maximum Gasteiger partial charge on any atom is 0.164 e. The van der Waals surface area contributed by atoms with Gasteiger partial charge in [0.05, 0.1) is 0 Å². The van der Waals surface area contributed by atoms with Crippen LogP contribution < -0.4 is 0 Å². The molecule has 246 valence electrons. The van der Waals surface area contributed by atoms with Gasteiger partial charge in [-0.25, -0.2) is 15.0 Å². The second kappa shape index (κ2) is 11.7. The number of hydrogen-bond donors (Lipinski definition) is 0. The summed E-state index contributed by atoms with van der Waals surface area (Å²) in [6.45, 7) is 4.65. The molecule has 0 amide bonds. The standard InChI is InChI=1S/C48H33N3O/c1-48(2)41-22-10-9-19-37(41)38-25-23-34(29-42(38)48)36-20-12-21-39-40-28-33(24-26-43(40)52-44(36)39)32-17-11-18-35(27-32)47-50-45(30-13-5-3-6-14-30)49-46(51-47)31-15-7-4-8-16-31/h3-29H,1-2H3. The molecule has 0 unspecified atom stereocenters. The number of furan rings is 1. The average Bonchev–Trinajstić information content (AvgIpc) is 3.70.